The van der Waals surface area contributed by atoms with Crippen molar-refractivity contribution in [1.29, 1.82) is 0 Å². The number of amides is 1. The summed E-state index contributed by atoms with van der Waals surface area (Å²) in [5, 5.41) is 5.98. The quantitative estimate of drug-likeness (QED) is 0.490. The number of nitrogens with one attached hydrogen (secondary N) is 2. The van der Waals surface area contributed by atoms with E-state index in [1.165, 1.54) is 0 Å². The van der Waals surface area contributed by atoms with Crippen LogP contribution in [0.15, 0.2) is 65.6 Å². The third-order valence-electron chi connectivity index (χ3n) is 3.42. The molecule has 0 bridgehead atoms. The van der Waals surface area contributed by atoms with Gasteiger partial charge in [0.05, 0.1) is 6.61 Å². The Hall–Kier alpha value is -1.53. The van der Waals surface area contributed by atoms with Crippen molar-refractivity contribution in [1.82, 2.24) is 10.6 Å². The van der Waals surface area contributed by atoms with Crippen molar-refractivity contribution in [2.24, 2.45) is 0 Å². The van der Waals surface area contributed by atoms with Crippen LogP contribution in [0.4, 0.5) is 0 Å². The minimum atomic E-state index is -0.257. The second-order valence-corrected chi connectivity index (χ2v) is 6.43. The fraction of sp³-hybridized carbons (Fsp3) is 0.316. The fourth-order valence-corrected chi connectivity index (χ4v) is 3.27. The molecule has 0 aliphatic rings. The maximum Gasteiger partial charge on any atom is 0.238 e. The molecule has 1 amide bonds. The minimum absolute atomic E-state index is 0. The van der Waals surface area contributed by atoms with Gasteiger partial charge in [-0.05, 0) is 17.7 Å². The van der Waals surface area contributed by atoms with Gasteiger partial charge in [0, 0.05) is 31.6 Å². The zero-order chi connectivity index (χ0) is 17.0. The summed E-state index contributed by atoms with van der Waals surface area (Å²) in [5.41, 5.74) is 1.01. The molecule has 2 aromatic rings. The average molecular weight is 381 g/mol. The first-order chi connectivity index (χ1) is 11.8. The molecule has 136 valence electrons. The molecule has 0 spiro atoms. The van der Waals surface area contributed by atoms with Crippen LogP contribution in [0.5, 0.6) is 0 Å². The summed E-state index contributed by atoms with van der Waals surface area (Å²) in [6.07, 6.45) is 0. The normalized spacial score (nSPS) is 11.4. The summed E-state index contributed by atoms with van der Waals surface area (Å²) >= 11 is 1.57. The van der Waals surface area contributed by atoms with Crippen LogP contribution in [-0.2, 0) is 9.53 Å². The van der Waals surface area contributed by atoms with Gasteiger partial charge < -0.3 is 15.4 Å². The van der Waals surface area contributed by atoms with Crippen LogP contribution < -0.4 is 10.6 Å². The molecule has 1 atom stereocenters. The summed E-state index contributed by atoms with van der Waals surface area (Å²) in [6.45, 7) is 2.78. The van der Waals surface area contributed by atoms with Gasteiger partial charge in [0.25, 0.3) is 0 Å². The summed E-state index contributed by atoms with van der Waals surface area (Å²) in [7, 11) is 1.68. The lowest BCUT2D eigenvalue weighted by Crippen LogP contribution is -2.35. The van der Waals surface area contributed by atoms with E-state index in [9.17, 15) is 4.79 Å². The Morgan fingerprint density at radius 2 is 1.64 bits per heavy atom. The predicted molar refractivity (Wildman–Crippen MR) is 106 cm³/mol. The van der Waals surface area contributed by atoms with Gasteiger partial charge >= 0.3 is 0 Å². The van der Waals surface area contributed by atoms with E-state index >= 15 is 0 Å². The number of halogens is 1. The molecule has 2 aromatic carbocycles. The Morgan fingerprint density at radius 1 is 1.00 bits per heavy atom. The van der Waals surface area contributed by atoms with Crippen molar-refractivity contribution in [2.75, 3.05) is 33.4 Å². The summed E-state index contributed by atoms with van der Waals surface area (Å²) in [5.74, 6) is 0.0311. The van der Waals surface area contributed by atoms with E-state index in [2.05, 4.69) is 10.6 Å². The largest absolute Gasteiger partial charge is 0.383 e. The van der Waals surface area contributed by atoms with Gasteiger partial charge in [-0.15, -0.1) is 24.2 Å². The number of ether oxygens (including phenoxy) is 1. The molecule has 1 unspecified atom stereocenters. The third-order valence-corrected chi connectivity index (χ3v) is 4.69. The van der Waals surface area contributed by atoms with E-state index in [0.29, 0.717) is 13.2 Å². The predicted octanol–water partition coefficient (Wildman–Crippen LogP) is 3.29. The summed E-state index contributed by atoms with van der Waals surface area (Å²) < 4.78 is 4.98. The van der Waals surface area contributed by atoms with Gasteiger partial charge in [0.15, 0.2) is 0 Å². The standard InChI is InChI=1S/C19H24N2O2S.ClH/c1-23-15-14-20-12-13-21-19(22)18(16-8-4-2-5-9-16)24-17-10-6-3-7-11-17;/h2-11,18,20H,12-15H2,1H3,(H,21,22);1H. The Morgan fingerprint density at radius 3 is 2.28 bits per heavy atom. The molecule has 0 saturated heterocycles. The highest BCUT2D eigenvalue weighted by Crippen LogP contribution is 2.35. The van der Waals surface area contributed by atoms with Gasteiger partial charge in [-0.2, -0.15) is 0 Å². The number of thioether (sulfide) groups is 1. The molecule has 0 saturated carbocycles. The lowest BCUT2D eigenvalue weighted by atomic mass is 10.1. The highest BCUT2D eigenvalue weighted by molar-refractivity contribution is 8.00. The number of benzene rings is 2. The average Bonchev–Trinajstić information content (AvgIpc) is 2.64. The van der Waals surface area contributed by atoms with Crippen LogP contribution >= 0.6 is 24.2 Å². The van der Waals surface area contributed by atoms with E-state index in [-0.39, 0.29) is 23.6 Å². The number of rotatable bonds is 10. The lowest BCUT2D eigenvalue weighted by molar-refractivity contribution is -0.120. The first kappa shape index (κ1) is 21.5. The van der Waals surface area contributed by atoms with E-state index in [4.69, 9.17) is 4.74 Å². The number of carbonyl (C=O) groups is 1. The fourth-order valence-electron chi connectivity index (χ4n) is 2.20. The van der Waals surface area contributed by atoms with Crippen LogP contribution in [0.1, 0.15) is 10.8 Å². The Bertz CT molecular complexity index is 599. The van der Waals surface area contributed by atoms with E-state index < -0.39 is 0 Å². The topological polar surface area (TPSA) is 50.4 Å². The minimum Gasteiger partial charge on any atom is -0.383 e. The first-order valence-electron chi connectivity index (χ1n) is 8.05. The second-order valence-electron chi connectivity index (χ2n) is 5.26. The number of methoxy groups -OCH3 is 1. The Kier molecular flexibility index (Phi) is 11.0. The molecule has 4 nitrogen and oxygen atoms in total. The second kappa shape index (κ2) is 12.8. The molecule has 6 heteroatoms. The van der Waals surface area contributed by atoms with Gasteiger partial charge in [-0.3, -0.25) is 4.79 Å². The van der Waals surface area contributed by atoms with Crippen LogP contribution in [0, 0.1) is 0 Å². The molecule has 0 aromatic heterocycles. The molecule has 0 aliphatic carbocycles. The van der Waals surface area contributed by atoms with E-state index in [0.717, 1.165) is 23.5 Å². The molecule has 2 N–H and O–H groups in total. The first-order valence-corrected chi connectivity index (χ1v) is 8.93. The highest BCUT2D eigenvalue weighted by atomic mass is 35.5. The van der Waals surface area contributed by atoms with Gasteiger partial charge in [0.2, 0.25) is 5.91 Å². The van der Waals surface area contributed by atoms with Gasteiger partial charge in [-0.25, -0.2) is 0 Å². The van der Waals surface area contributed by atoms with Crippen LogP contribution in [0.25, 0.3) is 0 Å². The third kappa shape index (κ3) is 7.92. The van der Waals surface area contributed by atoms with Crippen molar-refractivity contribution in [2.45, 2.75) is 10.1 Å². The van der Waals surface area contributed by atoms with Crippen molar-refractivity contribution in [3.05, 3.63) is 66.2 Å². The zero-order valence-electron chi connectivity index (χ0n) is 14.3. The van der Waals surface area contributed by atoms with Crippen LogP contribution in [0.3, 0.4) is 0 Å². The lowest BCUT2D eigenvalue weighted by Gasteiger charge is -2.17. The molecule has 0 heterocycles. The number of hydrogen-bond acceptors (Lipinski definition) is 4. The monoisotopic (exact) mass is 380 g/mol. The summed E-state index contributed by atoms with van der Waals surface area (Å²) in [6, 6.07) is 19.9. The smallest absolute Gasteiger partial charge is 0.238 e. The van der Waals surface area contributed by atoms with E-state index in [1.54, 1.807) is 18.9 Å². The Labute approximate surface area is 160 Å². The van der Waals surface area contributed by atoms with Crippen molar-refractivity contribution >= 4 is 30.1 Å². The van der Waals surface area contributed by atoms with Crippen molar-refractivity contribution in [3.63, 3.8) is 0 Å². The van der Waals surface area contributed by atoms with Crippen molar-refractivity contribution in [3.8, 4) is 0 Å². The maximum atomic E-state index is 12.7. The molecule has 0 aliphatic heterocycles. The highest BCUT2D eigenvalue weighted by Gasteiger charge is 2.21. The van der Waals surface area contributed by atoms with E-state index in [1.807, 2.05) is 60.7 Å². The van der Waals surface area contributed by atoms with Crippen LogP contribution in [-0.4, -0.2) is 39.3 Å². The molecular formula is C19H25ClN2O2S. The van der Waals surface area contributed by atoms with Gasteiger partial charge in [-0.1, -0.05) is 48.5 Å². The zero-order valence-corrected chi connectivity index (χ0v) is 15.9. The van der Waals surface area contributed by atoms with Gasteiger partial charge in [0.1, 0.15) is 5.25 Å². The number of carbonyl (C=O) groups excluding carboxylic acids is 1. The summed E-state index contributed by atoms with van der Waals surface area (Å²) in [4.78, 5) is 13.7. The molecule has 2 rings (SSSR count). The molecule has 25 heavy (non-hydrogen) atoms. The Balaban J connectivity index is 0.00000312. The number of hydrogen-bond donors (Lipinski definition) is 2. The molecular weight excluding hydrogens is 356 g/mol. The molecule has 0 radical (unpaired) electrons. The van der Waals surface area contributed by atoms with Crippen molar-refractivity contribution < 1.29 is 9.53 Å². The SMILES string of the molecule is COCCNCCNC(=O)C(Sc1ccccc1)c1ccccc1.Cl. The maximum absolute atomic E-state index is 12.7. The molecule has 0 fully saturated rings. The van der Waals surface area contributed by atoms with Crippen LogP contribution in [0.2, 0.25) is 0 Å².